The molecule has 1 fully saturated rings. The van der Waals surface area contributed by atoms with Crippen LogP contribution in [-0.4, -0.2) is 22.6 Å². The molecule has 0 saturated carbocycles. The molecular formula is C20H9NS. The SMILES string of the molecule is C#CC#CC#CC#CC#CC#CC#CC#CN1CCSC1C. The molecule has 0 aromatic heterocycles. The van der Waals surface area contributed by atoms with Gasteiger partial charge in [0.15, 0.2) is 0 Å². The van der Waals surface area contributed by atoms with Crippen LogP contribution in [0.15, 0.2) is 0 Å². The van der Waals surface area contributed by atoms with Crippen molar-refractivity contribution in [3.05, 3.63) is 0 Å². The van der Waals surface area contributed by atoms with Crippen LogP contribution in [0.5, 0.6) is 0 Å². The Morgan fingerprint density at radius 3 is 1.64 bits per heavy atom. The van der Waals surface area contributed by atoms with E-state index in [1.54, 1.807) is 0 Å². The quantitative estimate of drug-likeness (QED) is 0.613. The van der Waals surface area contributed by atoms with Crippen molar-refractivity contribution >= 4 is 11.8 Å². The number of hydrogen-bond acceptors (Lipinski definition) is 2. The van der Waals surface area contributed by atoms with Crippen LogP contribution in [-0.2, 0) is 0 Å². The molecule has 0 spiro atoms. The summed E-state index contributed by atoms with van der Waals surface area (Å²) in [6.07, 6.45) is 4.92. The van der Waals surface area contributed by atoms with E-state index in [2.05, 4.69) is 101 Å². The summed E-state index contributed by atoms with van der Waals surface area (Å²) in [5, 5.41) is 0.436. The van der Waals surface area contributed by atoms with Crippen LogP contribution in [0.4, 0.5) is 0 Å². The van der Waals surface area contributed by atoms with Crippen molar-refractivity contribution in [3.8, 4) is 95.4 Å². The maximum Gasteiger partial charge on any atom is 0.0798 e. The van der Waals surface area contributed by atoms with Gasteiger partial charge in [-0.05, 0) is 48.4 Å². The average Bonchev–Trinajstić information content (AvgIpc) is 2.93. The highest BCUT2D eigenvalue weighted by Gasteiger charge is 2.16. The van der Waals surface area contributed by atoms with Gasteiger partial charge in [-0.15, -0.1) is 18.2 Å². The molecule has 1 aliphatic rings. The summed E-state index contributed by atoms with van der Waals surface area (Å²) in [6, 6.07) is 3.00. The third kappa shape index (κ3) is 7.93. The molecule has 0 amide bonds. The summed E-state index contributed by atoms with van der Waals surface area (Å²) >= 11 is 1.88. The third-order valence-electron chi connectivity index (χ3n) is 2.15. The predicted molar refractivity (Wildman–Crippen MR) is 91.9 cm³/mol. The molecule has 1 nitrogen and oxygen atoms in total. The lowest BCUT2D eigenvalue weighted by Crippen LogP contribution is -2.19. The standard InChI is InChI=1S/C20H9NS/c1-3-4-5-6-7-8-9-10-11-12-13-14-15-16-17-21-18-19-22-20(21)2/h1,20H,18-19H2,2H3. The van der Waals surface area contributed by atoms with E-state index in [4.69, 9.17) is 6.42 Å². The summed E-state index contributed by atoms with van der Waals surface area (Å²) in [4.78, 5) is 2.07. The van der Waals surface area contributed by atoms with E-state index in [0.29, 0.717) is 5.37 Å². The van der Waals surface area contributed by atoms with Crippen molar-refractivity contribution < 1.29 is 0 Å². The van der Waals surface area contributed by atoms with Gasteiger partial charge in [-0.2, -0.15) is 0 Å². The maximum absolute atomic E-state index is 4.92. The van der Waals surface area contributed by atoms with Crippen LogP contribution in [0.25, 0.3) is 0 Å². The summed E-state index contributed by atoms with van der Waals surface area (Å²) < 4.78 is 0. The van der Waals surface area contributed by atoms with Gasteiger partial charge in [0.1, 0.15) is 0 Å². The van der Waals surface area contributed by atoms with E-state index in [0.717, 1.165) is 12.3 Å². The molecule has 1 rings (SSSR count). The maximum atomic E-state index is 4.92. The Balaban J connectivity index is 2.41. The largest absolute Gasteiger partial charge is 0.318 e. The normalized spacial score (nSPS) is 12.7. The second-order valence-corrected chi connectivity index (χ2v) is 4.97. The Hall–Kier alpha value is -3.37. The van der Waals surface area contributed by atoms with E-state index in [9.17, 15) is 0 Å². The summed E-state index contributed by atoms with van der Waals surface area (Å²) in [6.45, 7) is 3.11. The molecule has 0 aromatic carbocycles. The molecule has 0 bridgehead atoms. The van der Waals surface area contributed by atoms with Crippen molar-refractivity contribution in [2.75, 3.05) is 12.3 Å². The summed E-state index contributed by atoms with van der Waals surface area (Å²) in [5.74, 6) is 36.3. The fourth-order valence-corrected chi connectivity index (χ4v) is 2.20. The minimum Gasteiger partial charge on any atom is -0.318 e. The van der Waals surface area contributed by atoms with Crippen molar-refractivity contribution in [3.63, 3.8) is 0 Å². The third-order valence-corrected chi connectivity index (χ3v) is 3.31. The molecule has 0 aliphatic carbocycles. The molecule has 100 valence electrons. The highest BCUT2D eigenvalue weighted by molar-refractivity contribution is 8.00. The molecule has 0 aromatic rings. The molecule has 22 heavy (non-hydrogen) atoms. The monoisotopic (exact) mass is 295 g/mol. The number of rotatable bonds is 0. The van der Waals surface area contributed by atoms with Crippen molar-refractivity contribution in [2.24, 2.45) is 0 Å². The van der Waals surface area contributed by atoms with Crippen LogP contribution in [0, 0.1) is 95.4 Å². The topological polar surface area (TPSA) is 3.24 Å². The lowest BCUT2D eigenvalue weighted by Gasteiger charge is -2.12. The van der Waals surface area contributed by atoms with Crippen molar-refractivity contribution in [1.29, 1.82) is 0 Å². The zero-order chi connectivity index (χ0) is 15.9. The van der Waals surface area contributed by atoms with Crippen LogP contribution >= 0.6 is 11.8 Å². The van der Waals surface area contributed by atoms with E-state index in [1.165, 1.54) is 0 Å². The smallest absolute Gasteiger partial charge is 0.0798 e. The lowest BCUT2D eigenvalue weighted by molar-refractivity contribution is 0.439. The summed E-state index contributed by atoms with van der Waals surface area (Å²) in [5.41, 5.74) is 0. The second-order valence-electron chi connectivity index (χ2n) is 3.54. The van der Waals surface area contributed by atoms with Crippen molar-refractivity contribution in [1.82, 2.24) is 4.90 Å². The van der Waals surface area contributed by atoms with Crippen LogP contribution in [0.3, 0.4) is 0 Å². The van der Waals surface area contributed by atoms with Gasteiger partial charge in [-0.1, -0.05) is 0 Å². The summed E-state index contributed by atoms with van der Waals surface area (Å²) in [7, 11) is 0. The number of terminal acetylenes is 1. The Morgan fingerprint density at radius 2 is 1.23 bits per heavy atom. The highest BCUT2D eigenvalue weighted by atomic mass is 32.2. The van der Waals surface area contributed by atoms with E-state index < -0.39 is 0 Å². The zero-order valence-electron chi connectivity index (χ0n) is 11.9. The van der Waals surface area contributed by atoms with Gasteiger partial charge < -0.3 is 4.90 Å². The minimum absolute atomic E-state index is 0.436. The molecule has 0 N–H and O–H groups in total. The fraction of sp³-hybridized carbons (Fsp3) is 0.200. The van der Waals surface area contributed by atoms with Gasteiger partial charge in [0, 0.05) is 59.8 Å². The second kappa shape index (κ2) is 11.5. The predicted octanol–water partition coefficient (Wildman–Crippen LogP) is 0.996. The van der Waals surface area contributed by atoms with E-state index in [1.807, 2.05) is 11.8 Å². The molecule has 1 aliphatic heterocycles. The van der Waals surface area contributed by atoms with E-state index in [-0.39, 0.29) is 0 Å². The van der Waals surface area contributed by atoms with Gasteiger partial charge in [-0.25, -0.2) is 0 Å². The van der Waals surface area contributed by atoms with Crippen LogP contribution in [0.2, 0.25) is 0 Å². The Kier molecular flexibility index (Phi) is 8.69. The first-order chi connectivity index (χ1) is 10.8. The fourth-order valence-electron chi connectivity index (χ4n) is 1.22. The molecule has 1 saturated heterocycles. The first kappa shape index (κ1) is 16.7. The number of thioether (sulfide) groups is 1. The lowest BCUT2D eigenvalue weighted by atomic mass is 10.5. The molecule has 0 radical (unpaired) electrons. The first-order valence-electron chi connectivity index (χ1n) is 6.19. The first-order valence-corrected chi connectivity index (χ1v) is 7.24. The molecule has 1 unspecified atom stereocenters. The van der Waals surface area contributed by atoms with Crippen molar-refractivity contribution in [2.45, 2.75) is 12.3 Å². The number of hydrogen-bond donors (Lipinski definition) is 0. The zero-order valence-corrected chi connectivity index (χ0v) is 12.7. The number of nitrogens with zero attached hydrogens (tertiary/aromatic N) is 1. The van der Waals surface area contributed by atoms with Gasteiger partial charge in [0.25, 0.3) is 0 Å². The van der Waals surface area contributed by atoms with Crippen LogP contribution in [0.1, 0.15) is 6.92 Å². The van der Waals surface area contributed by atoms with Gasteiger partial charge >= 0.3 is 0 Å². The Bertz CT molecular complexity index is 883. The Morgan fingerprint density at radius 1 is 0.773 bits per heavy atom. The minimum atomic E-state index is 0.436. The van der Waals surface area contributed by atoms with E-state index >= 15 is 0 Å². The van der Waals surface area contributed by atoms with Gasteiger partial charge in [0.2, 0.25) is 0 Å². The molecular weight excluding hydrogens is 286 g/mol. The highest BCUT2D eigenvalue weighted by Crippen LogP contribution is 2.21. The van der Waals surface area contributed by atoms with Gasteiger partial charge in [-0.3, -0.25) is 0 Å². The average molecular weight is 295 g/mol. The van der Waals surface area contributed by atoms with Gasteiger partial charge in [0.05, 0.1) is 5.37 Å². The Labute approximate surface area is 137 Å². The molecule has 1 heterocycles. The molecule has 2 heteroatoms. The molecule has 1 atom stereocenters. The van der Waals surface area contributed by atoms with Crippen LogP contribution < -0.4 is 0 Å².